The minimum Gasteiger partial charge on any atom is -0.322 e. The maximum absolute atomic E-state index is 6.48. The molecule has 2 N–H and O–H groups in total. The van der Waals surface area contributed by atoms with Gasteiger partial charge in [0, 0.05) is 0 Å². The van der Waals surface area contributed by atoms with Crippen LogP contribution in [-0.4, -0.2) is 9.97 Å². The van der Waals surface area contributed by atoms with E-state index in [-0.39, 0.29) is 6.04 Å². The molecule has 0 spiro atoms. The highest BCUT2D eigenvalue weighted by Gasteiger charge is 2.27. The zero-order chi connectivity index (χ0) is 13.9. The van der Waals surface area contributed by atoms with Gasteiger partial charge in [0.05, 0.1) is 29.0 Å². The maximum Gasteiger partial charge on any atom is 0.0890 e. The molecule has 1 aliphatic rings. The van der Waals surface area contributed by atoms with E-state index in [9.17, 15) is 0 Å². The van der Waals surface area contributed by atoms with Gasteiger partial charge in [-0.05, 0) is 36.8 Å². The summed E-state index contributed by atoms with van der Waals surface area (Å²) < 4.78 is 0. The summed E-state index contributed by atoms with van der Waals surface area (Å²) in [6.07, 6.45) is 8.27. The van der Waals surface area contributed by atoms with Crippen LogP contribution in [0.4, 0.5) is 0 Å². The summed E-state index contributed by atoms with van der Waals surface area (Å²) in [5.74, 6) is 1.40. The van der Waals surface area contributed by atoms with E-state index in [0.717, 1.165) is 22.6 Å². The van der Waals surface area contributed by atoms with Gasteiger partial charge in [0.15, 0.2) is 0 Å². The van der Waals surface area contributed by atoms with Crippen molar-refractivity contribution in [1.82, 2.24) is 9.97 Å². The average Bonchev–Trinajstić information content (AvgIpc) is 2.53. The quantitative estimate of drug-likeness (QED) is 0.921. The van der Waals surface area contributed by atoms with Crippen molar-refractivity contribution in [3.8, 4) is 0 Å². The maximum atomic E-state index is 6.48. The molecular formula is C17H23N3. The fraction of sp³-hybridized carbons (Fsp3) is 0.529. The lowest BCUT2D eigenvalue weighted by Crippen LogP contribution is -2.27. The monoisotopic (exact) mass is 269 g/mol. The van der Waals surface area contributed by atoms with Gasteiger partial charge in [0.2, 0.25) is 0 Å². The Balaban J connectivity index is 1.82. The molecule has 3 unspecified atom stereocenters. The smallest absolute Gasteiger partial charge is 0.0890 e. The fourth-order valence-corrected chi connectivity index (χ4v) is 3.40. The Morgan fingerprint density at radius 1 is 1.25 bits per heavy atom. The van der Waals surface area contributed by atoms with Crippen molar-refractivity contribution in [1.29, 1.82) is 0 Å². The minimum atomic E-state index is 0.0291. The second-order valence-corrected chi connectivity index (χ2v) is 6.01. The van der Waals surface area contributed by atoms with Crippen molar-refractivity contribution in [2.24, 2.45) is 17.6 Å². The Hall–Kier alpha value is -1.48. The first-order valence-corrected chi connectivity index (χ1v) is 7.75. The third kappa shape index (κ3) is 2.68. The molecule has 1 aliphatic carbocycles. The molecule has 1 saturated carbocycles. The average molecular weight is 269 g/mol. The number of nitrogens with two attached hydrogens (primary N) is 1. The largest absolute Gasteiger partial charge is 0.322 e. The van der Waals surface area contributed by atoms with Gasteiger partial charge >= 0.3 is 0 Å². The lowest BCUT2D eigenvalue weighted by Gasteiger charge is -2.32. The SMILES string of the molecule is CCC1CCCC(C(N)c2cnc3ccccc3n2)C1. The van der Waals surface area contributed by atoms with Crippen LogP contribution in [0.5, 0.6) is 0 Å². The molecule has 20 heavy (non-hydrogen) atoms. The zero-order valence-electron chi connectivity index (χ0n) is 12.1. The van der Waals surface area contributed by atoms with Crippen LogP contribution in [0.2, 0.25) is 0 Å². The Morgan fingerprint density at radius 3 is 2.85 bits per heavy atom. The Morgan fingerprint density at radius 2 is 2.05 bits per heavy atom. The van der Waals surface area contributed by atoms with Crippen LogP contribution in [0, 0.1) is 11.8 Å². The number of hydrogen-bond donors (Lipinski definition) is 1. The first-order valence-electron chi connectivity index (χ1n) is 7.75. The first kappa shape index (κ1) is 13.5. The summed E-state index contributed by atoms with van der Waals surface area (Å²) >= 11 is 0. The van der Waals surface area contributed by atoms with Crippen LogP contribution in [0.25, 0.3) is 11.0 Å². The summed E-state index contributed by atoms with van der Waals surface area (Å²) in [6, 6.07) is 8.02. The lowest BCUT2D eigenvalue weighted by molar-refractivity contribution is 0.228. The summed E-state index contributed by atoms with van der Waals surface area (Å²) in [7, 11) is 0. The second kappa shape index (κ2) is 5.88. The van der Waals surface area contributed by atoms with Crippen LogP contribution in [0.1, 0.15) is 50.8 Å². The highest BCUT2D eigenvalue weighted by atomic mass is 14.8. The minimum absolute atomic E-state index is 0.0291. The van der Waals surface area contributed by atoms with Gasteiger partial charge in [-0.2, -0.15) is 0 Å². The molecule has 106 valence electrons. The molecule has 3 heteroatoms. The van der Waals surface area contributed by atoms with Gasteiger partial charge in [0.1, 0.15) is 0 Å². The van der Waals surface area contributed by atoms with E-state index in [1.165, 1.54) is 32.1 Å². The number of benzene rings is 1. The number of rotatable bonds is 3. The van der Waals surface area contributed by atoms with E-state index in [1.807, 2.05) is 30.5 Å². The van der Waals surface area contributed by atoms with E-state index >= 15 is 0 Å². The predicted molar refractivity (Wildman–Crippen MR) is 82.2 cm³/mol. The Kier molecular flexibility index (Phi) is 3.97. The standard InChI is InChI=1S/C17H23N3/c1-2-12-6-5-7-13(10-12)17(18)16-11-19-14-8-3-4-9-15(14)20-16/h3-4,8-9,11-13,17H,2,5-7,10,18H2,1H3. The van der Waals surface area contributed by atoms with E-state index < -0.39 is 0 Å². The Bertz CT molecular complexity index is 581. The van der Waals surface area contributed by atoms with Crippen molar-refractivity contribution in [2.75, 3.05) is 0 Å². The van der Waals surface area contributed by atoms with E-state index in [2.05, 4.69) is 11.9 Å². The molecule has 1 fully saturated rings. The molecule has 0 aliphatic heterocycles. The van der Waals surface area contributed by atoms with Gasteiger partial charge in [0.25, 0.3) is 0 Å². The van der Waals surface area contributed by atoms with Gasteiger partial charge < -0.3 is 5.73 Å². The summed E-state index contributed by atoms with van der Waals surface area (Å²) in [6.45, 7) is 2.29. The van der Waals surface area contributed by atoms with Gasteiger partial charge in [-0.1, -0.05) is 38.3 Å². The molecule has 0 radical (unpaired) electrons. The van der Waals surface area contributed by atoms with Crippen LogP contribution in [0.15, 0.2) is 30.5 Å². The predicted octanol–water partition coefficient (Wildman–Crippen LogP) is 3.85. The van der Waals surface area contributed by atoms with Crippen molar-refractivity contribution < 1.29 is 0 Å². The highest BCUT2D eigenvalue weighted by Crippen LogP contribution is 2.36. The van der Waals surface area contributed by atoms with Crippen LogP contribution < -0.4 is 5.73 Å². The van der Waals surface area contributed by atoms with E-state index in [1.54, 1.807) is 0 Å². The molecule has 0 saturated heterocycles. The fourth-order valence-electron chi connectivity index (χ4n) is 3.40. The number of fused-ring (bicyclic) bond motifs is 1. The molecule has 1 heterocycles. The molecule has 3 nitrogen and oxygen atoms in total. The third-order valence-corrected chi connectivity index (χ3v) is 4.72. The molecule has 2 aromatic rings. The van der Waals surface area contributed by atoms with Crippen molar-refractivity contribution in [2.45, 2.75) is 45.1 Å². The number of nitrogens with zero attached hydrogens (tertiary/aromatic N) is 2. The molecule has 0 bridgehead atoms. The first-order chi connectivity index (χ1) is 9.78. The highest BCUT2D eigenvalue weighted by molar-refractivity contribution is 5.73. The molecule has 0 amide bonds. The van der Waals surface area contributed by atoms with Gasteiger partial charge in [-0.25, -0.2) is 4.98 Å². The van der Waals surface area contributed by atoms with Crippen molar-refractivity contribution in [3.05, 3.63) is 36.2 Å². The molecular weight excluding hydrogens is 246 g/mol. The van der Waals surface area contributed by atoms with Crippen LogP contribution >= 0.6 is 0 Å². The van der Waals surface area contributed by atoms with Gasteiger partial charge in [-0.15, -0.1) is 0 Å². The van der Waals surface area contributed by atoms with Crippen LogP contribution in [-0.2, 0) is 0 Å². The molecule has 3 rings (SSSR count). The van der Waals surface area contributed by atoms with E-state index in [0.29, 0.717) is 5.92 Å². The Labute approximate surface area is 120 Å². The van der Waals surface area contributed by atoms with Crippen molar-refractivity contribution >= 4 is 11.0 Å². The number of aromatic nitrogens is 2. The topological polar surface area (TPSA) is 51.8 Å². The molecule has 1 aromatic carbocycles. The third-order valence-electron chi connectivity index (χ3n) is 4.72. The van der Waals surface area contributed by atoms with Gasteiger partial charge in [-0.3, -0.25) is 4.98 Å². The zero-order valence-corrected chi connectivity index (χ0v) is 12.1. The summed E-state index contributed by atoms with van der Waals surface area (Å²) in [5, 5.41) is 0. The normalized spacial score (nSPS) is 24.7. The van der Waals surface area contributed by atoms with E-state index in [4.69, 9.17) is 10.7 Å². The number of hydrogen-bond acceptors (Lipinski definition) is 3. The van der Waals surface area contributed by atoms with Crippen LogP contribution in [0.3, 0.4) is 0 Å². The molecule has 1 aromatic heterocycles. The van der Waals surface area contributed by atoms with Crippen molar-refractivity contribution in [3.63, 3.8) is 0 Å². The lowest BCUT2D eigenvalue weighted by atomic mass is 9.76. The molecule has 3 atom stereocenters. The summed E-state index contributed by atoms with van der Waals surface area (Å²) in [5.41, 5.74) is 9.32. The number of para-hydroxylation sites is 2. The second-order valence-electron chi connectivity index (χ2n) is 6.01. The summed E-state index contributed by atoms with van der Waals surface area (Å²) in [4.78, 5) is 9.21.